The number of nitrogens with two attached hydrogens (primary N) is 1. The Labute approximate surface area is 73.1 Å². The van der Waals surface area contributed by atoms with Gasteiger partial charge in [0.15, 0.2) is 0 Å². The maximum atomic E-state index is 5.69. The molecule has 0 saturated carbocycles. The maximum Gasteiger partial charge on any atom is 0.122 e. The molecule has 1 aromatic rings. The van der Waals surface area contributed by atoms with E-state index in [0.29, 0.717) is 6.73 Å². The van der Waals surface area contributed by atoms with Crippen LogP contribution in [0.4, 0.5) is 0 Å². The van der Waals surface area contributed by atoms with Crippen LogP contribution in [0.1, 0.15) is 12.6 Å². The van der Waals surface area contributed by atoms with Gasteiger partial charge in [-0.2, -0.15) is 0 Å². The average molecular weight is 168 g/mol. The van der Waals surface area contributed by atoms with Crippen molar-refractivity contribution in [1.82, 2.24) is 4.57 Å². The van der Waals surface area contributed by atoms with E-state index in [9.17, 15) is 0 Å². The summed E-state index contributed by atoms with van der Waals surface area (Å²) in [5.74, 6) is 0. The van der Waals surface area contributed by atoms with Crippen LogP contribution in [0, 0.1) is 0 Å². The second-order valence-corrected chi connectivity index (χ2v) is 3.07. The Kier molecular flexibility index (Phi) is 3.31. The maximum absolute atomic E-state index is 5.69. The van der Waals surface area contributed by atoms with Crippen molar-refractivity contribution in [3.05, 3.63) is 24.0 Å². The van der Waals surface area contributed by atoms with Crippen LogP contribution in [-0.4, -0.2) is 17.7 Å². The summed E-state index contributed by atoms with van der Waals surface area (Å²) in [6.45, 7) is 2.61. The molecule has 12 heavy (non-hydrogen) atoms. The van der Waals surface area contributed by atoms with Crippen LogP contribution in [0.25, 0.3) is 0 Å². The Morgan fingerprint density at radius 3 is 3.00 bits per heavy atom. The largest absolute Gasteiger partial charge is 0.364 e. The zero-order valence-electron chi connectivity index (χ0n) is 7.66. The summed E-state index contributed by atoms with van der Waals surface area (Å²) in [5, 5.41) is 0. The Bertz CT molecular complexity index is 230. The van der Waals surface area contributed by atoms with Crippen LogP contribution in [0.5, 0.6) is 0 Å². The van der Waals surface area contributed by atoms with Gasteiger partial charge in [0, 0.05) is 31.5 Å². The van der Waals surface area contributed by atoms with Crippen LogP contribution in [-0.2, 0) is 17.9 Å². The monoisotopic (exact) mass is 168 g/mol. The molecule has 0 aliphatic rings. The molecule has 68 valence electrons. The van der Waals surface area contributed by atoms with Crippen LogP contribution >= 0.6 is 0 Å². The van der Waals surface area contributed by atoms with Crippen molar-refractivity contribution in [3.8, 4) is 0 Å². The predicted molar refractivity (Wildman–Crippen MR) is 48.8 cm³/mol. The van der Waals surface area contributed by atoms with E-state index in [-0.39, 0.29) is 6.04 Å². The molecule has 1 unspecified atom stereocenters. The molecule has 0 aliphatic heterocycles. The highest BCUT2D eigenvalue weighted by Gasteiger charge is 2.02. The molecule has 0 amide bonds. The van der Waals surface area contributed by atoms with Gasteiger partial charge in [-0.25, -0.2) is 0 Å². The summed E-state index contributed by atoms with van der Waals surface area (Å²) in [5.41, 5.74) is 6.92. The molecule has 0 spiro atoms. The first-order chi connectivity index (χ1) is 5.74. The Hall–Kier alpha value is -0.800. The van der Waals surface area contributed by atoms with Gasteiger partial charge in [-0.15, -0.1) is 0 Å². The number of aromatic nitrogens is 1. The summed E-state index contributed by atoms with van der Waals surface area (Å²) in [7, 11) is 1.69. The van der Waals surface area contributed by atoms with Gasteiger partial charge in [-0.05, 0) is 19.1 Å². The summed E-state index contributed by atoms with van der Waals surface area (Å²) in [4.78, 5) is 0. The fourth-order valence-electron chi connectivity index (χ4n) is 1.23. The van der Waals surface area contributed by atoms with Gasteiger partial charge in [-0.1, -0.05) is 0 Å². The van der Waals surface area contributed by atoms with Crippen LogP contribution in [0.3, 0.4) is 0 Å². The fraction of sp³-hybridized carbons (Fsp3) is 0.556. The zero-order valence-corrected chi connectivity index (χ0v) is 7.66. The summed E-state index contributed by atoms with van der Waals surface area (Å²) in [6.07, 6.45) is 2.90. The minimum Gasteiger partial charge on any atom is -0.364 e. The molecule has 1 heterocycles. The highest BCUT2D eigenvalue weighted by Crippen LogP contribution is 2.04. The van der Waals surface area contributed by atoms with Crippen molar-refractivity contribution in [1.29, 1.82) is 0 Å². The number of methoxy groups -OCH3 is 1. The van der Waals surface area contributed by atoms with Crippen LogP contribution in [0.15, 0.2) is 18.3 Å². The number of hydrogen-bond acceptors (Lipinski definition) is 2. The van der Waals surface area contributed by atoms with Gasteiger partial charge in [0.1, 0.15) is 6.73 Å². The molecule has 0 saturated heterocycles. The van der Waals surface area contributed by atoms with Gasteiger partial charge < -0.3 is 15.0 Å². The van der Waals surface area contributed by atoms with E-state index >= 15 is 0 Å². The first-order valence-electron chi connectivity index (χ1n) is 4.12. The number of nitrogens with zero attached hydrogens (tertiary/aromatic N) is 1. The van der Waals surface area contributed by atoms with E-state index in [1.165, 1.54) is 5.69 Å². The van der Waals surface area contributed by atoms with Crippen molar-refractivity contribution < 1.29 is 4.74 Å². The third-order valence-electron chi connectivity index (χ3n) is 1.72. The zero-order chi connectivity index (χ0) is 8.97. The van der Waals surface area contributed by atoms with E-state index in [1.807, 2.05) is 19.2 Å². The van der Waals surface area contributed by atoms with Crippen molar-refractivity contribution in [3.63, 3.8) is 0 Å². The van der Waals surface area contributed by atoms with E-state index < -0.39 is 0 Å². The topological polar surface area (TPSA) is 40.2 Å². The summed E-state index contributed by atoms with van der Waals surface area (Å²) >= 11 is 0. The van der Waals surface area contributed by atoms with Gasteiger partial charge in [0.25, 0.3) is 0 Å². The minimum atomic E-state index is 0.204. The molecule has 0 bridgehead atoms. The molecule has 2 N–H and O–H groups in total. The Morgan fingerprint density at radius 2 is 2.42 bits per heavy atom. The molecule has 3 nitrogen and oxygen atoms in total. The standard InChI is InChI=1S/C9H16N2O/c1-8(10)6-9-4-3-5-11(9)7-12-2/h3-5,8H,6-7,10H2,1-2H3. The molecule has 1 atom stereocenters. The van der Waals surface area contributed by atoms with Gasteiger partial charge >= 0.3 is 0 Å². The van der Waals surface area contributed by atoms with E-state index in [4.69, 9.17) is 10.5 Å². The predicted octanol–water partition coefficient (Wildman–Crippen LogP) is 0.982. The SMILES string of the molecule is COCn1cccc1CC(C)N. The van der Waals surface area contributed by atoms with E-state index in [2.05, 4.69) is 10.6 Å². The molecular formula is C9H16N2O. The highest BCUT2D eigenvalue weighted by atomic mass is 16.5. The lowest BCUT2D eigenvalue weighted by Crippen LogP contribution is -2.20. The third-order valence-corrected chi connectivity index (χ3v) is 1.72. The molecule has 0 radical (unpaired) electrons. The quantitative estimate of drug-likeness (QED) is 0.728. The Morgan fingerprint density at radius 1 is 1.67 bits per heavy atom. The molecule has 1 rings (SSSR count). The second kappa shape index (κ2) is 4.28. The smallest absolute Gasteiger partial charge is 0.122 e. The van der Waals surface area contributed by atoms with Crippen molar-refractivity contribution in [2.75, 3.05) is 7.11 Å². The molecule has 1 aromatic heterocycles. The van der Waals surface area contributed by atoms with Gasteiger partial charge in [0.05, 0.1) is 0 Å². The second-order valence-electron chi connectivity index (χ2n) is 3.07. The van der Waals surface area contributed by atoms with Crippen molar-refractivity contribution >= 4 is 0 Å². The highest BCUT2D eigenvalue weighted by molar-refractivity contribution is 5.08. The lowest BCUT2D eigenvalue weighted by Gasteiger charge is -2.09. The molecule has 0 aliphatic carbocycles. The number of hydrogen-bond donors (Lipinski definition) is 1. The van der Waals surface area contributed by atoms with Crippen LogP contribution in [0.2, 0.25) is 0 Å². The van der Waals surface area contributed by atoms with Gasteiger partial charge in [0.2, 0.25) is 0 Å². The van der Waals surface area contributed by atoms with Gasteiger partial charge in [-0.3, -0.25) is 0 Å². The van der Waals surface area contributed by atoms with Crippen molar-refractivity contribution in [2.45, 2.75) is 26.1 Å². The number of ether oxygens (including phenoxy) is 1. The normalized spacial score (nSPS) is 13.2. The molecule has 3 heteroatoms. The van der Waals surface area contributed by atoms with Crippen LogP contribution < -0.4 is 5.73 Å². The summed E-state index contributed by atoms with van der Waals surface area (Å²) < 4.78 is 7.09. The summed E-state index contributed by atoms with van der Waals surface area (Å²) in [6, 6.07) is 4.29. The number of rotatable bonds is 4. The minimum absolute atomic E-state index is 0.204. The lowest BCUT2D eigenvalue weighted by atomic mass is 10.2. The van der Waals surface area contributed by atoms with E-state index in [0.717, 1.165) is 6.42 Å². The fourth-order valence-corrected chi connectivity index (χ4v) is 1.23. The Balaban J connectivity index is 2.63. The molecule has 0 aromatic carbocycles. The van der Waals surface area contributed by atoms with Crippen molar-refractivity contribution in [2.24, 2.45) is 5.73 Å². The first-order valence-corrected chi connectivity index (χ1v) is 4.12. The lowest BCUT2D eigenvalue weighted by molar-refractivity contribution is 0.129. The van der Waals surface area contributed by atoms with E-state index in [1.54, 1.807) is 7.11 Å². The molecule has 0 fully saturated rings. The molecular weight excluding hydrogens is 152 g/mol. The third kappa shape index (κ3) is 2.36. The average Bonchev–Trinajstić information content (AvgIpc) is 2.37. The first kappa shape index (κ1) is 9.29.